The van der Waals surface area contributed by atoms with Crippen LogP contribution in [0.5, 0.6) is 0 Å². The summed E-state index contributed by atoms with van der Waals surface area (Å²) in [5.74, 6) is -0.695. The van der Waals surface area contributed by atoms with Crippen LogP contribution in [0.1, 0.15) is 62.5 Å². The largest absolute Gasteiger partial charge is 0.481 e. The SMILES string of the molecule is O=C(O)C12CCC(c3ccccc3)(CC1)OC2.OCC12CCC(c3ccccc3)(CC1)OC2. The molecule has 0 unspecified atom stereocenters. The van der Waals surface area contributed by atoms with Crippen LogP contribution in [0.2, 0.25) is 0 Å². The van der Waals surface area contributed by atoms with Crippen molar-refractivity contribution in [3.05, 3.63) is 71.8 Å². The Labute approximate surface area is 195 Å². The minimum Gasteiger partial charge on any atom is -0.481 e. The van der Waals surface area contributed by atoms with Crippen molar-refractivity contribution in [3.8, 4) is 0 Å². The molecular weight excluding hydrogens is 416 g/mol. The van der Waals surface area contributed by atoms with Gasteiger partial charge in [0.2, 0.25) is 0 Å². The number of carboxylic acids is 1. The molecule has 4 bridgehead atoms. The van der Waals surface area contributed by atoms with E-state index in [4.69, 9.17) is 9.47 Å². The molecule has 5 nitrogen and oxygen atoms in total. The van der Waals surface area contributed by atoms with Gasteiger partial charge in [-0.05, 0) is 62.5 Å². The summed E-state index contributed by atoms with van der Waals surface area (Å²) in [6.45, 7) is 1.35. The lowest BCUT2D eigenvalue weighted by Gasteiger charge is -2.52. The zero-order valence-corrected chi connectivity index (χ0v) is 19.2. The summed E-state index contributed by atoms with van der Waals surface area (Å²) in [6, 6.07) is 20.7. The Balaban J connectivity index is 0.000000139. The minimum atomic E-state index is -0.695. The van der Waals surface area contributed by atoms with Crippen LogP contribution < -0.4 is 0 Å². The monoisotopic (exact) mass is 450 g/mol. The molecule has 6 fully saturated rings. The maximum absolute atomic E-state index is 11.3. The third-order valence-electron chi connectivity index (χ3n) is 8.80. The van der Waals surface area contributed by atoms with E-state index in [9.17, 15) is 15.0 Å². The van der Waals surface area contributed by atoms with Gasteiger partial charge < -0.3 is 19.7 Å². The Morgan fingerprint density at radius 2 is 1.15 bits per heavy atom. The number of ether oxygens (including phenoxy) is 2. The molecule has 2 aromatic carbocycles. The predicted octanol–water partition coefficient (Wildman–Crippen LogP) is 5.02. The van der Waals surface area contributed by atoms with Crippen LogP contribution >= 0.6 is 0 Å². The molecule has 2 saturated carbocycles. The molecule has 0 atom stereocenters. The van der Waals surface area contributed by atoms with E-state index < -0.39 is 11.4 Å². The van der Waals surface area contributed by atoms with Crippen molar-refractivity contribution in [2.24, 2.45) is 10.8 Å². The standard InChI is InChI=1S/C14H16O3.C14H18O2/c15-12(16)13-6-8-14(9-7-13,17-10-13)11-4-2-1-3-5-11;15-10-13-6-8-14(9-7-13,16-11-13)12-4-2-1-3-5-12/h1-5H,6-10H2,(H,15,16);1-5,15H,6-11H2. The molecule has 2 N–H and O–H groups in total. The molecule has 4 saturated heterocycles. The zero-order chi connectivity index (χ0) is 23.0. The Hall–Kier alpha value is -2.21. The quantitative estimate of drug-likeness (QED) is 0.684. The first kappa shape index (κ1) is 22.6. The third-order valence-corrected chi connectivity index (χ3v) is 8.80. The van der Waals surface area contributed by atoms with E-state index in [0.717, 1.165) is 58.0 Å². The summed E-state index contributed by atoms with van der Waals surface area (Å²) in [4.78, 5) is 11.3. The second kappa shape index (κ2) is 8.53. The van der Waals surface area contributed by atoms with Crippen LogP contribution in [-0.2, 0) is 25.5 Å². The second-order valence-electron chi connectivity index (χ2n) is 10.5. The summed E-state index contributed by atoms with van der Waals surface area (Å²) in [6.07, 6.45) is 7.41. The summed E-state index contributed by atoms with van der Waals surface area (Å²) in [5, 5.41) is 18.7. The van der Waals surface area contributed by atoms with Crippen molar-refractivity contribution in [1.29, 1.82) is 0 Å². The van der Waals surface area contributed by atoms with Gasteiger partial charge in [0.15, 0.2) is 0 Å². The van der Waals surface area contributed by atoms with Crippen molar-refractivity contribution >= 4 is 5.97 Å². The summed E-state index contributed by atoms with van der Waals surface area (Å²) < 4.78 is 12.0. The van der Waals surface area contributed by atoms with Crippen LogP contribution in [0.15, 0.2) is 60.7 Å². The van der Waals surface area contributed by atoms with Crippen LogP contribution in [0.25, 0.3) is 0 Å². The molecule has 0 aromatic heterocycles. The minimum absolute atomic E-state index is 0.0574. The van der Waals surface area contributed by atoms with Gasteiger partial charge in [-0.15, -0.1) is 0 Å². The Morgan fingerprint density at radius 3 is 1.48 bits per heavy atom. The maximum Gasteiger partial charge on any atom is 0.311 e. The Bertz CT molecular complexity index is 921. The van der Waals surface area contributed by atoms with Gasteiger partial charge in [0.1, 0.15) is 0 Å². The lowest BCUT2D eigenvalue weighted by atomic mass is 9.64. The molecule has 0 radical (unpaired) electrons. The van der Waals surface area contributed by atoms with E-state index in [1.807, 2.05) is 24.3 Å². The molecular formula is C28H34O5. The van der Waals surface area contributed by atoms with Gasteiger partial charge in [-0.1, -0.05) is 60.7 Å². The van der Waals surface area contributed by atoms with Gasteiger partial charge >= 0.3 is 5.97 Å². The number of rotatable bonds is 4. The molecule has 33 heavy (non-hydrogen) atoms. The van der Waals surface area contributed by atoms with E-state index in [0.29, 0.717) is 6.61 Å². The average molecular weight is 451 g/mol. The number of aliphatic hydroxyl groups excluding tert-OH is 1. The number of hydrogen-bond donors (Lipinski definition) is 2. The van der Waals surface area contributed by atoms with Crippen molar-refractivity contribution < 1.29 is 24.5 Å². The van der Waals surface area contributed by atoms with Crippen LogP contribution in [0, 0.1) is 10.8 Å². The highest BCUT2D eigenvalue weighted by molar-refractivity contribution is 5.75. The predicted molar refractivity (Wildman–Crippen MR) is 125 cm³/mol. The summed E-state index contributed by atoms with van der Waals surface area (Å²) in [7, 11) is 0. The van der Waals surface area contributed by atoms with Gasteiger partial charge in [0, 0.05) is 5.41 Å². The van der Waals surface area contributed by atoms with Crippen LogP contribution in [0.3, 0.4) is 0 Å². The number of carboxylic acid groups (broad SMARTS) is 1. The second-order valence-corrected chi connectivity index (χ2v) is 10.5. The highest BCUT2D eigenvalue weighted by Gasteiger charge is 2.54. The Morgan fingerprint density at radius 1 is 0.697 bits per heavy atom. The van der Waals surface area contributed by atoms with E-state index in [-0.39, 0.29) is 23.2 Å². The highest BCUT2D eigenvalue weighted by atomic mass is 16.5. The van der Waals surface area contributed by atoms with Gasteiger partial charge in [-0.2, -0.15) is 0 Å². The number of hydrogen-bond acceptors (Lipinski definition) is 4. The number of carbonyl (C=O) groups is 1. The normalized spacial score (nSPS) is 36.6. The first-order chi connectivity index (χ1) is 16.0. The summed E-state index contributed by atoms with van der Waals surface area (Å²) >= 11 is 0. The van der Waals surface area contributed by atoms with E-state index in [1.165, 1.54) is 11.1 Å². The topological polar surface area (TPSA) is 76.0 Å². The molecule has 4 aliphatic heterocycles. The lowest BCUT2D eigenvalue weighted by molar-refractivity contribution is -0.205. The van der Waals surface area contributed by atoms with E-state index in [2.05, 4.69) is 36.4 Å². The lowest BCUT2D eigenvalue weighted by Crippen LogP contribution is -2.52. The van der Waals surface area contributed by atoms with E-state index in [1.54, 1.807) is 0 Å². The highest BCUT2D eigenvalue weighted by Crippen LogP contribution is 2.54. The number of aliphatic hydroxyl groups is 1. The number of aliphatic carboxylic acids is 1. The van der Waals surface area contributed by atoms with Gasteiger partial charge in [0.05, 0.1) is 36.4 Å². The first-order valence-corrected chi connectivity index (χ1v) is 12.2. The smallest absolute Gasteiger partial charge is 0.311 e. The number of fused-ring (bicyclic) bond motifs is 6. The maximum atomic E-state index is 11.3. The van der Waals surface area contributed by atoms with Crippen molar-refractivity contribution in [2.75, 3.05) is 19.8 Å². The molecule has 5 heteroatoms. The van der Waals surface area contributed by atoms with Crippen molar-refractivity contribution in [2.45, 2.75) is 62.6 Å². The van der Waals surface area contributed by atoms with Crippen molar-refractivity contribution in [1.82, 2.24) is 0 Å². The van der Waals surface area contributed by atoms with Gasteiger partial charge in [-0.3, -0.25) is 4.79 Å². The van der Waals surface area contributed by atoms with E-state index >= 15 is 0 Å². The van der Waals surface area contributed by atoms with Crippen LogP contribution in [-0.4, -0.2) is 36.0 Å². The molecule has 6 aliphatic rings. The fraction of sp³-hybridized carbons (Fsp3) is 0.536. The van der Waals surface area contributed by atoms with Crippen LogP contribution in [0.4, 0.5) is 0 Å². The Kier molecular flexibility index (Phi) is 5.84. The molecule has 176 valence electrons. The average Bonchev–Trinajstić information content (AvgIpc) is 2.92. The van der Waals surface area contributed by atoms with Gasteiger partial charge in [0.25, 0.3) is 0 Å². The fourth-order valence-electron chi connectivity index (χ4n) is 6.17. The fourth-order valence-corrected chi connectivity index (χ4v) is 6.17. The molecule has 4 heterocycles. The van der Waals surface area contributed by atoms with Crippen molar-refractivity contribution in [3.63, 3.8) is 0 Å². The first-order valence-electron chi connectivity index (χ1n) is 12.2. The number of benzene rings is 2. The zero-order valence-electron chi connectivity index (χ0n) is 19.2. The van der Waals surface area contributed by atoms with Gasteiger partial charge in [-0.25, -0.2) is 0 Å². The summed E-state index contributed by atoms with van der Waals surface area (Å²) in [5.41, 5.74) is 1.67. The molecule has 0 amide bonds. The molecule has 0 spiro atoms. The molecule has 2 aromatic rings. The third kappa shape index (κ3) is 3.90. The molecule has 2 aliphatic carbocycles. The molecule has 8 rings (SSSR count).